The van der Waals surface area contributed by atoms with Crippen molar-refractivity contribution in [2.75, 3.05) is 13.7 Å². The molecule has 5 amide bonds. The molecule has 21 unspecified atom stereocenters. The van der Waals surface area contributed by atoms with Gasteiger partial charge in [0.2, 0.25) is 41.6 Å². The number of hydrogen-bond donors (Lipinski definition) is 16. The van der Waals surface area contributed by atoms with E-state index in [1.54, 1.807) is 0 Å². The van der Waals surface area contributed by atoms with Crippen molar-refractivity contribution in [1.82, 2.24) is 26.6 Å². The Bertz CT molecular complexity index is 4260. The van der Waals surface area contributed by atoms with Crippen molar-refractivity contribution < 1.29 is 156 Å². The first kappa shape index (κ1) is 84.6. The number of fused-ring (bicyclic) bond motifs is 16. The second-order valence-corrected chi connectivity index (χ2v) is 29.2. The van der Waals surface area contributed by atoms with Crippen molar-refractivity contribution >= 4 is 58.5 Å². The topological polar surface area (TPSA) is 505 Å². The molecule has 34 heteroatoms. The van der Waals surface area contributed by atoms with Crippen LogP contribution in [0.2, 0.25) is 5.02 Å². The normalized spacial score (nSPS) is 30.8. The van der Waals surface area contributed by atoms with Crippen LogP contribution >= 0.6 is 11.6 Å². The fourth-order valence-electron chi connectivity index (χ4n) is 14.0. The molecule has 7 bridgehead atoms. The summed E-state index contributed by atoms with van der Waals surface area (Å²) >= 11 is 7.11. The molecule has 0 saturated carbocycles. The van der Waals surface area contributed by atoms with E-state index >= 15 is 19.2 Å². The fourth-order valence-corrected chi connectivity index (χ4v) is 14.2. The zero-order valence-corrected chi connectivity index (χ0v) is 65.0. The number of carbonyl (C=O) groups is 8. The number of Topliss-reactive ketones (excluding diaryl/α,β-unsaturated/α-hetero) is 3. The van der Waals surface area contributed by atoms with E-state index in [1.165, 1.54) is 108 Å². The van der Waals surface area contributed by atoms with Crippen LogP contribution in [0.5, 0.6) is 46.0 Å². The van der Waals surface area contributed by atoms with Crippen LogP contribution in [0.4, 0.5) is 0 Å². The van der Waals surface area contributed by atoms with Crippen molar-refractivity contribution in [3.8, 4) is 57.1 Å². The van der Waals surface area contributed by atoms with E-state index in [1.807, 2.05) is 13.8 Å². The summed E-state index contributed by atoms with van der Waals surface area (Å²) in [5.41, 5.74) is 10.1. The second-order valence-electron chi connectivity index (χ2n) is 28.8. The van der Waals surface area contributed by atoms with Crippen LogP contribution in [-0.2, 0) is 94.7 Å². The van der Waals surface area contributed by atoms with E-state index in [-0.39, 0.29) is 108 Å². The zero-order chi connectivity index (χ0) is 80.3. The van der Waals surface area contributed by atoms with Crippen LogP contribution < -0.4 is 52.3 Å². The van der Waals surface area contributed by atoms with Crippen LogP contribution in [-0.4, -0.2) is 198 Å². The molecule has 110 heavy (non-hydrogen) atoms. The standard InChI is InChI=1S/C76H93ClN7O25.Y/c1-32(2)21-46(80-8)73(100)84-62-50(91)24-40(27-55(78)92)72(99)83-61-39-25-52(69(53(26-39)105-51-19-15-38(65(62)95)23-45(51)77)109-75-70(67(97)66(96)54(31-85)106-75)107-57-22-33(3)64(94)35(5)102-57)104-42-16-13-37(14-17-42)68(108-58-30-76(7,79)71(98)36(6)103-58)63(81-56(93)20-18-48(61)89)74(101)82-60(34(4)86)44-28-41(87)29-49(90)59(44)43-11-9-10-12-47(43)88;/h9-17,19,23,25-26,28,32-33,35-36,40,46,54,57-58,60-68,70-71,75,80,85,87-88,90,94-98H,18,20-22,24,27,30-31,79H2,1-8H3,(H2,78,92)(H,81,93)(H,82,101)(H,83,99)(H,84,100);/q-1;/i33T;. The molecular weight excluding hydrogens is 1540 g/mol. The molecule has 12 rings (SSSR count). The maximum Gasteiger partial charge on any atom is 0.246 e. The number of phenols is 3. The van der Waals surface area contributed by atoms with E-state index in [4.69, 9.17) is 62.3 Å². The summed E-state index contributed by atoms with van der Waals surface area (Å²) in [6.07, 6.45) is -24.5. The number of hydrogen-bond acceptors (Lipinski definition) is 27. The van der Waals surface area contributed by atoms with E-state index in [0.29, 0.717) is 0 Å². The first-order valence-electron chi connectivity index (χ1n) is 36.0. The Balaban J connectivity index is 0.0000142. The van der Waals surface area contributed by atoms with Gasteiger partial charge in [0.05, 0.1) is 54.0 Å². The van der Waals surface area contributed by atoms with Crippen LogP contribution in [0.25, 0.3) is 11.1 Å². The number of aliphatic hydroxyl groups excluding tert-OH is 6. The third kappa shape index (κ3) is 19.9. The molecule has 5 aromatic carbocycles. The van der Waals surface area contributed by atoms with Gasteiger partial charge in [0.15, 0.2) is 47.5 Å². The van der Waals surface area contributed by atoms with Gasteiger partial charge in [-0.3, -0.25) is 38.4 Å². The summed E-state index contributed by atoms with van der Waals surface area (Å²) in [4.78, 5) is 118. The number of para-hydroxylation sites is 1. The molecule has 3 fully saturated rings. The molecule has 7 aliphatic heterocycles. The Labute approximate surface area is 664 Å². The number of primary amides is 1. The number of halogens is 1. The van der Waals surface area contributed by atoms with Gasteiger partial charge >= 0.3 is 0 Å². The van der Waals surface area contributed by atoms with Gasteiger partial charge < -0.3 is 122 Å². The summed E-state index contributed by atoms with van der Waals surface area (Å²) in [6.45, 7) is 9.73. The number of nitrogens with two attached hydrogens (primary N) is 2. The number of likely N-dealkylation sites (N-methyl/N-ethyl adjacent to an activating group) is 1. The summed E-state index contributed by atoms with van der Waals surface area (Å²) < 4.78 is 60.5. The molecule has 18 N–H and O–H groups in total. The predicted molar refractivity (Wildman–Crippen MR) is 384 cm³/mol. The van der Waals surface area contributed by atoms with Gasteiger partial charge in [0.25, 0.3) is 0 Å². The van der Waals surface area contributed by atoms with Gasteiger partial charge in [-0.1, -0.05) is 80.4 Å². The van der Waals surface area contributed by atoms with Gasteiger partial charge in [-0.2, -0.15) is 0 Å². The zero-order valence-electron chi connectivity index (χ0n) is 62.5. The number of amides is 5. The number of nitrogens with one attached hydrogen (secondary N) is 5. The number of aromatic hydroxyl groups is 3. The molecule has 1 radical (unpaired) electrons. The van der Waals surface area contributed by atoms with E-state index in [9.17, 15) is 65.1 Å². The average Bonchev–Trinajstić information content (AvgIpc) is 0.775. The van der Waals surface area contributed by atoms with Gasteiger partial charge in [0, 0.05) is 89.6 Å². The average molecular weight is 1630 g/mol. The fraction of sp³-hybridized carbons (Fsp3) is 0.500. The maximum absolute atomic E-state index is 15.7. The van der Waals surface area contributed by atoms with Crippen molar-refractivity contribution in [1.29, 1.82) is 0 Å². The summed E-state index contributed by atoms with van der Waals surface area (Å²) in [6, 6.07) is 11.7. The van der Waals surface area contributed by atoms with Crippen molar-refractivity contribution in [2.24, 2.45) is 29.2 Å². The molecule has 21 atom stereocenters. The van der Waals surface area contributed by atoms with Gasteiger partial charge in [0.1, 0.15) is 65.9 Å². The summed E-state index contributed by atoms with van der Waals surface area (Å²) in [7, 11) is 1.51. The van der Waals surface area contributed by atoms with Crippen molar-refractivity contribution in [2.45, 2.75) is 209 Å². The minimum Gasteiger partial charge on any atom is -0.534 e. The number of ether oxygens (including phenoxy) is 8. The first-order valence-corrected chi connectivity index (χ1v) is 35.9. The van der Waals surface area contributed by atoms with Gasteiger partial charge in [-0.05, 0) is 118 Å². The molecule has 3 saturated heterocycles. The third-order valence-corrected chi connectivity index (χ3v) is 20.1. The Kier molecular flexibility index (Phi) is 28.3. The number of ketones is 3. The Morgan fingerprint density at radius 2 is 1.48 bits per heavy atom. The molecule has 0 spiro atoms. The van der Waals surface area contributed by atoms with E-state index in [0.717, 1.165) is 19.1 Å². The molecule has 5 aromatic rings. The molecule has 7 aliphatic rings. The second kappa shape index (κ2) is 36.7. The predicted octanol–water partition coefficient (Wildman–Crippen LogP) is 3.18. The smallest absolute Gasteiger partial charge is 0.246 e. The molecule has 0 aromatic heterocycles. The molecule has 593 valence electrons. The van der Waals surface area contributed by atoms with E-state index < -0.39 is 241 Å². The number of rotatable bonds is 19. The molecule has 0 aliphatic carbocycles. The molecular formula is C76H93ClN7O25Y-. The summed E-state index contributed by atoms with van der Waals surface area (Å²) in [5.74, 6) is -15.6. The summed E-state index contributed by atoms with van der Waals surface area (Å²) in [5, 5.41) is 115. The number of phenolic OH excluding ortho intramolecular Hbond substituents is 3. The monoisotopic (exact) mass is 1630 g/mol. The largest absolute Gasteiger partial charge is 0.534 e. The van der Waals surface area contributed by atoms with Gasteiger partial charge in [-0.15, -0.1) is 11.6 Å². The maximum atomic E-state index is 15.7. The van der Waals surface area contributed by atoms with Crippen LogP contribution in [0, 0.1) is 23.8 Å². The van der Waals surface area contributed by atoms with Crippen molar-refractivity contribution in [3.05, 3.63) is 118 Å². The Morgan fingerprint density at radius 3 is 2.11 bits per heavy atom. The first-order chi connectivity index (χ1) is 51.9. The number of carbonyl (C=O) groups excluding carboxylic acids is 8. The minimum atomic E-state index is -2.04. The quantitative estimate of drug-likeness (QED) is 0.0528. The number of benzene rings is 5. The van der Waals surface area contributed by atoms with Crippen LogP contribution in [0.1, 0.15) is 141 Å². The van der Waals surface area contributed by atoms with Crippen LogP contribution in [0.15, 0.2) is 84.9 Å². The van der Waals surface area contributed by atoms with E-state index in [2.05, 4.69) is 32.7 Å². The van der Waals surface area contributed by atoms with Crippen molar-refractivity contribution in [3.63, 3.8) is 0 Å². The molecule has 32 nitrogen and oxygen atoms in total. The van der Waals surface area contributed by atoms with Crippen LogP contribution in [0.3, 0.4) is 0 Å². The molecule has 7 heterocycles. The third-order valence-electron chi connectivity index (χ3n) is 19.8. The minimum absolute atomic E-state index is 0. The Hall–Kier alpha value is -7.87. The Morgan fingerprint density at radius 1 is 0.809 bits per heavy atom. The number of aliphatic hydroxyl groups is 6. The van der Waals surface area contributed by atoms with Gasteiger partial charge in [-0.25, -0.2) is 0 Å². The SMILES string of the molecule is [3H]C1(C)CC(OC2C(Oc3c4cc5cc3Oc3ccc(cc3Cl)C(O)C(NC(=O)C(CC(C)C)NC)C(=O)CC(CC(N)=O)C(=O)NC5C(=O)CCC(=O)NC(C(=O)NC(C(C)=O)c3cc(O)[c-]c(O)c3-c3ccccc3O)C(OC3CC(C)(N)C(O)C(C)O3)c3ccc(cc3)O4)OC(CO)C(O)C2O)OC(C)C1O.[Y].